The van der Waals surface area contributed by atoms with E-state index in [4.69, 9.17) is 0 Å². The molecule has 2 aromatic carbocycles. The van der Waals surface area contributed by atoms with Gasteiger partial charge in [-0.1, -0.05) is 63.8 Å². The number of rotatable bonds is 11. The second kappa shape index (κ2) is 11.7. The van der Waals surface area contributed by atoms with E-state index >= 15 is 0 Å². The standard InChI is InChI=1S/C26H31F3N4/c1-3-5-6-7-9-20-12-16-22(17-13-20)32-25-30-18-23(26(27,28)29)24(33-25)31-21-14-10-19(8-4-2)11-15-21/h10-18H,3-9H2,1-2H3,(H2,30,31,32,33). The number of hydrogen-bond acceptors (Lipinski definition) is 4. The molecule has 0 saturated carbocycles. The molecule has 0 amide bonds. The maximum absolute atomic E-state index is 13.5. The second-order valence-electron chi connectivity index (χ2n) is 8.16. The van der Waals surface area contributed by atoms with Crippen LogP contribution in [0, 0.1) is 0 Å². The van der Waals surface area contributed by atoms with Crippen molar-refractivity contribution in [2.75, 3.05) is 10.6 Å². The zero-order valence-electron chi connectivity index (χ0n) is 19.2. The number of aryl methyl sites for hydroxylation is 2. The quantitative estimate of drug-likeness (QED) is 0.287. The molecule has 0 saturated heterocycles. The molecule has 4 nitrogen and oxygen atoms in total. The zero-order chi connectivity index (χ0) is 23.7. The molecule has 0 aliphatic carbocycles. The summed E-state index contributed by atoms with van der Waals surface area (Å²) < 4.78 is 40.6. The summed E-state index contributed by atoms with van der Waals surface area (Å²) in [5, 5.41) is 5.81. The Morgan fingerprint density at radius 1 is 0.727 bits per heavy atom. The number of benzene rings is 2. The van der Waals surface area contributed by atoms with Crippen molar-refractivity contribution in [2.45, 2.75) is 65.0 Å². The lowest BCUT2D eigenvalue weighted by Crippen LogP contribution is -2.12. The molecule has 0 spiro atoms. The van der Waals surface area contributed by atoms with Crippen molar-refractivity contribution in [2.24, 2.45) is 0 Å². The van der Waals surface area contributed by atoms with Crippen LogP contribution in [0.4, 0.5) is 36.3 Å². The SMILES string of the molecule is CCCCCCc1ccc(Nc2ncc(C(F)(F)F)c(Nc3ccc(CCC)cc3)n2)cc1. The monoisotopic (exact) mass is 456 g/mol. The lowest BCUT2D eigenvalue weighted by molar-refractivity contribution is -0.137. The van der Waals surface area contributed by atoms with Gasteiger partial charge in [-0.3, -0.25) is 0 Å². The normalized spacial score (nSPS) is 11.4. The highest BCUT2D eigenvalue weighted by atomic mass is 19.4. The average molecular weight is 457 g/mol. The van der Waals surface area contributed by atoms with E-state index < -0.39 is 11.7 Å². The van der Waals surface area contributed by atoms with E-state index in [1.54, 1.807) is 12.1 Å². The first-order valence-electron chi connectivity index (χ1n) is 11.5. The van der Waals surface area contributed by atoms with Gasteiger partial charge in [0.2, 0.25) is 5.95 Å². The molecule has 0 bridgehead atoms. The Balaban J connectivity index is 1.74. The summed E-state index contributed by atoms with van der Waals surface area (Å²) in [5.74, 6) is -0.181. The molecular weight excluding hydrogens is 425 g/mol. The highest BCUT2D eigenvalue weighted by molar-refractivity contribution is 5.63. The second-order valence-corrected chi connectivity index (χ2v) is 8.16. The van der Waals surface area contributed by atoms with Crippen LogP contribution in [-0.2, 0) is 19.0 Å². The van der Waals surface area contributed by atoms with Gasteiger partial charge in [0.15, 0.2) is 0 Å². The molecule has 0 unspecified atom stereocenters. The third-order valence-electron chi connectivity index (χ3n) is 5.38. The van der Waals surface area contributed by atoms with Crippen molar-refractivity contribution in [3.63, 3.8) is 0 Å². The molecule has 0 radical (unpaired) electrons. The highest BCUT2D eigenvalue weighted by Crippen LogP contribution is 2.35. The number of halogens is 3. The lowest BCUT2D eigenvalue weighted by Gasteiger charge is -2.15. The van der Waals surface area contributed by atoms with Gasteiger partial charge in [-0.2, -0.15) is 18.2 Å². The van der Waals surface area contributed by atoms with E-state index in [0.29, 0.717) is 5.69 Å². The Bertz CT molecular complexity index is 1000. The maximum atomic E-state index is 13.5. The fourth-order valence-electron chi connectivity index (χ4n) is 3.56. The fraction of sp³-hybridized carbons (Fsp3) is 0.385. The summed E-state index contributed by atoms with van der Waals surface area (Å²) >= 11 is 0. The van der Waals surface area contributed by atoms with Crippen LogP contribution in [0.25, 0.3) is 0 Å². The molecular formula is C26H31F3N4. The molecule has 3 rings (SSSR count). The molecule has 0 aliphatic heterocycles. The van der Waals surface area contributed by atoms with Gasteiger partial charge in [0.1, 0.15) is 11.4 Å². The first kappa shape index (κ1) is 24.6. The summed E-state index contributed by atoms with van der Waals surface area (Å²) in [7, 11) is 0. The summed E-state index contributed by atoms with van der Waals surface area (Å²) in [6, 6.07) is 15.2. The smallest absolute Gasteiger partial charge is 0.340 e. The topological polar surface area (TPSA) is 49.8 Å². The molecule has 7 heteroatoms. The molecule has 3 aromatic rings. The van der Waals surface area contributed by atoms with E-state index in [9.17, 15) is 13.2 Å². The van der Waals surface area contributed by atoms with Crippen LogP contribution in [0.2, 0.25) is 0 Å². The molecule has 2 N–H and O–H groups in total. The first-order chi connectivity index (χ1) is 15.9. The number of nitrogens with zero attached hydrogens (tertiary/aromatic N) is 2. The van der Waals surface area contributed by atoms with Crippen molar-refractivity contribution in [3.05, 3.63) is 71.4 Å². The fourth-order valence-corrected chi connectivity index (χ4v) is 3.56. The van der Waals surface area contributed by atoms with Crippen molar-refractivity contribution in [1.82, 2.24) is 9.97 Å². The van der Waals surface area contributed by atoms with Crippen LogP contribution < -0.4 is 10.6 Å². The third kappa shape index (κ3) is 7.48. The van der Waals surface area contributed by atoms with Crippen LogP contribution >= 0.6 is 0 Å². The van der Waals surface area contributed by atoms with Gasteiger partial charge in [0, 0.05) is 17.6 Å². The Hall–Kier alpha value is -3.09. The number of anilines is 4. The van der Waals surface area contributed by atoms with E-state index in [1.807, 2.05) is 36.4 Å². The number of alkyl halides is 3. The van der Waals surface area contributed by atoms with Gasteiger partial charge in [-0.15, -0.1) is 0 Å². The molecule has 33 heavy (non-hydrogen) atoms. The Labute approximate surface area is 193 Å². The van der Waals surface area contributed by atoms with Gasteiger partial charge in [0.05, 0.1) is 0 Å². The predicted octanol–water partition coefficient (Wildman–Crippen LogP) is 8.06. The Kier molecular flexibility index (Phi) is 8.69. The van der Waals surface area contributed by atoms with Crippen LogP contribution in [0.3, 0.4) is 0 Å². The zero-order valence-corrected chi connectivity index (χ0v) is 19.2. The molecule has 0 aliphatic rings. The summed E-state index contributed by atoms with van der Waals surface area (Å²) in [6.45, 7) is 4.27. The number of unbranched alkanes of at least 4 members (excludes halogenated alkanes) is 3. The summed E-state index contributed by atoms with van der Waals surface area (Å²) in [5.41, 5.74) is 2.73. The van der Waals surface area contributed by atoms with Crippen LogP contribution in [0.15, 0.2) is 54.7 Å². The van der Waals surface area contributed by atoms with Crippen molar-refractivity contribution < 1.29 is 13.2 Å². The average Bonchev–Trinajstić information content (AvgIpc) is 2.79. The minimum absolute atomic E-state index is 0.101. The van der Waals surface area contributed by atoms with Gasteiger partial charge in [-0.25, -0.2) is 4.98 Å². The van der Waals surface area contributed by atoms with Crippen LogP contribution in [0.5, 0.6) is 0 Å². The summed E-state index contributed by atoms with van der Waals surface area (Å²) in [4.78, 5) is 8.02. The van der Waals surface area contributed by atoms with Gasteiger partial charge < -0.3 is 10.6 Å². The first-order valence-corrected chi connectivity index (χ1v) is 11.5. The van der Waals surface area contributed by atoms with Crippen molar-refractivity contribution >= 4 is 23.1 Å². The molecule has 0 fully saturated rings. The molecule has 176 valence electrons. The maximum Gasteiger partial charge on any atom is 0.421 e. The molecule has 1 heterocycles. The largest absolute Gasteiger partial charge is 0.421 e. The third-order valence-corrected chi connectivity index (χ3v) is 5.38. The number of nitrogens with one attached hydrogen (secondary N) is 2. The van der Waals surface area contributed by atoms with Gasteiger partial charge in [-0.05, 0) is 54.7 Å². The van der Waals surface area contributed by atoms with E-state index in [-0.39, 0.29) is 11.8 Å². The van der Waals surface area contributed by atoms with Crippen molar-refractivity contribution in [3.8, 4) is 0 Å². The number of aromatic nitrogens is 2. The lowest BCUT2D eigenvalue weighted by atomic mass is 10.1. The Morgan fingerprint density at radius 2 is 1.33 bits per heavy atom. The van der Waals surface area contributed by atoms with Gasteiger partial charge >= 0.3 is 6.18 Å². The van der Waals surface area contributed by atoms with E-state index in [0.717, 1.165) is 43.1 Å². The minimum Gasteiger partial charge on any atom is -0.340 e. The van der Waals surface area contributed by atoms with Crippen molar-refractivity contribution in [1.29, 1.82) is 0 Å². The van der Waals surface area contributed by atoms with E-state index in [1.165, 1.54) is 24.8 Å². The summed E-state index contributed by atoms with van der Waals surface area (Å²) in [6.07, 6.45) is 4.00. The van der Waals surface area contributed by atoms with Crippen LogP contribution in [-0.4, -0.2) is 9.97 Å². The Morgan fingerprint density at radius 3 is 1.91 bits per heavy atom. The molecule has 1 aromatic heterocycles. The van der Waals surface area contributed by atoms with Crippen LogP contribution in [0.1, 0.15) is 62.6 Å². The highest BCUT2D eigenvalue weighted by Gasteiger charge is 2.35. The predicted molar refractivity (Wildman–Crippen MR) is 128 cm³/mol. The molecule has 0 atom stereocenters. The van der Waals surface area contributed by atoms with E-state index in [2.05, 4.69) is 34.4 Å². The minimum atomic E-state index is -4.57. The van der Waals surface area contributed by atoms with Gasteiger partial charge in [0.25, 0.3) is 0 Å². The number of hydrogen-bond donors (Lipinski definition) is 2.